The van der Waals surface area contributed by atoms with Gasteiger partial charge in [-0.05, 0) is 43.5 Å². The number of rotatable bonds is 6. The van der Waals surface area contributed by atoms with E-state index in [1.54, 1.807) is 42.7 Å². The van der Waals surface area contributed by atoms with E-state index in [1.165, 1.54) is 34.5 Å². The summed E-state index contributed by atoms with van der Waals surface area (Å²) < 4.78 is 15.9. The number of nitrogens with zero attached hydrogens (tertiary/aromatic N) is 5. The lowest BCUT2D eigenvalue weighted by atomic mass is 10.1. The van der Waals surface area contributed by atoms with Gasteiger partial charge in [0.25, 0.3) is 11.9 Å². The lowest BCUT2D eigenvalue weighted by molar-refractivity contribution is -0.118. The van der Waals surface area contributed by atoms with Gasteiger partial charge in [-0.2, -0.15) is 9.78 Å². The first-order valence-corrected chi connectivity index (χ1v) is 11.2. The molecule has 168 valence electrons. The van der Waals surface area contributed by atoms with Crippen molar-refractivity contribution >= 4 is 34.5 Å². The number of aryl methyl sites for hydroxylation is 1. The van der Waals surface area contributed by atoms with Gasteiger partial charge in [0.15, 0.2) is 0 Å². The molecule has 0 atom stereocenters. The lowest BCUT2D eigenvalue weighted by Gasteiger charge is -2.15. The molecule has 0 unspecified atom stereocenters. The van der Waals surface area contributed by atoms with E-state index in [9.17, 15) is 14.0 Å². The fourth-order valence-corrected chi connectivity index (χ4v) is 3.94. The normalized spacial score (nSPS) is 11.0. The summed E-state index contributed by atoms with van der Waals surface area (Å²) >= 11 is 1.52. The number of amides is 2. The highest BCUT2D eigenvalue weighted by Crippen LogP contribution is 2.27. The Balaban J connectivity index is 1.72. The Morgan fingerprint density at radius 3 is 2.55 bits per heavy atom. The number of hydrogen-bond donors (Lipinski definition) is 1. The molecule has 4 aromatic rings. The van der Waals surface area contributed by atoms with Crippen LogP contribution >= 0.6 is 11.8 Å². The van der Waals surface area contributed by atoms with Gasteiger partial charge < -0.3 is 10.6 Å². The Morgan fingerprint density at radius 2 is 1.88 bits per heavy atom. The number of hydrogen-bond acceptors (Lipinski definition) is 6. The number of likely N-dealkylation sites (N-methyl/N-ethyl adjacent to an activating group) is 1. The summed E-state index contributed by atoms with van der Waals surface area (Å²) in [4.78, 5) is 34.8. The van der Waals surface area contributed by atoms with Crippen molar-refractivity contribution < 1.29 is 14.0 Å². The third kappa shape index (κ3) is 4.42. The van der Waals surface area contributed by atoms with Crippen LogP contribution in [0.3, 0.4) is 0 Å². The monoisotopic (exact) mass is 464 g/mol. The summed E-state index contributed by atoms with van der Waals surface area (Å²) in [5, 5.41) is 5.35. The Bertz CT molecular complexity index is 1370. The van der Waals surface area contributed by atoms with E-state index in [0.717, 1.165) is 16.0 Å². The van der Waals surface area contributed by atoms with Crippen LogP contribution < -0.4 is 5.73 Å². The largest absolute Gasteiger partial charge is 0.368 e. The van der Waals surface area contributed by atoms with Gasteiger partial charge >= 0.3 is 0 Å². The first-order chi connectivity index (χ1) is 15.8. The molecular weight excluding hydrogens is 443 g/mol. The van der Waals surface area contributed by atoms with Crippen LogP contribution in [0.15, 0.2) is 53.7 Å². The number of carbonyl (C=O) groups excluding carboxylic acids is 2. The second kappa shape index (κ2) is 8.99. The minimum Gasteiger partial charge on any atom is -0.368 e. The van der Waals surface area contributed by atoms with Crippen molar-refractivity contribution in [2.75, 3.05) is 19.8 Å². The van der Waals surface area contributed by atoms with E-state index in [0.29, 0.717) is 22.2 Å². The number of benzene rings is 2. The molecule has 0 saturated carbocycles. The molecule has 33 heavy (non-hydrogen) atoms. The van der Waals surface area contributed by atoms with Crippen molar-refractivity contribution in [1.29, 1.82) is 0 Å². The molecule has 0 fully saturated rings. The number of primary amides is 1. The summed E-state index contributed by atoms with van der Waals surface area (Å²) in [7, 11) is 1.51. The van der Waals surface area contributed by atoms with Crippen LogP contribution in [-0.4, -0.2) is 56.3 Å². The molecule has 0 aliphatic heterocycles. The van der Waals surface area contributed by atoms with Gasteiger partial charge in [0.2, 0.25) is 5.91 Å². The predicted octanol–water partition coefficient (Wildman–Crippen LogP) is 3.21. The third-order valence-electron chi connectivity index (χ3n) is 5.16. The molecular formula is C23H21FN6O2S. The van der Waals surface area contributed by atoms with Gasteiger partial charge in [-0.15, -0.1) is 11.8 Å². The molecule has 10 heteroatoms. The smallest absolute Gasteiger partial charge is 0.254 e. The van der Waals surface area contributed by atoms with Crippen molar-refractivity contribution in [2.45, 2.75) is 11.8 Å². The fourth-order valence-electron chi connectivity index (χ4n) is 3.50. The molecule has 2 N–H and O–H groups in total. The van der Waals surface area contributed by atoms with Crippen molar-refractivity contribution in [3.8, 4) is 17.1 Å². The fraction of sp³-hybridized carbons (Fsp3) is 0.174. The van der Waals surface area contributed by atoms with E-state index < -0.39 is 5.91 Å². The molecule has 0 bridgehead atoms. The topological polar surface area (TPSA) is 107 Å². The van der Waals surface area contributed by atoms with Gasteiger partial charge in [-0.25, -0.2) is 14.4 Å². The number of carbonyl (C=O) groups is 2. The summed E-state index contributed by atoms with van der Waals surface area (Å²) in [5.41, 5.74) is 7.90. The van der Waals surface area contributed by atoms with Gasteiger partial charge in [0.05, 0.1) is 17.8 Å². The van der Waals surface area contributed by atoms with Crippen LogP contribution in [0.2, 0.25) is 0 Å². The standard InChI is InChI=1S/C23H21FN6O2S/c1-13-17-6-4-14(22(32)29(2)12-21(25)31)8-20(17)30(28-13)23-26-10-15(11-27-23)18-9-16(33-3)5-7-19(18)24/h4-11H,12H2,1-3H3,(H2,25,31). The van der Waals surface area contributed by atoms with Crippen LogP contribution in [0.25, 0.3) is 28.0 Å². The Kier molecular flexibility index (Phi) is 6.10. The maximum atomic E-state index is 14.3. The summed E-state index contributed by atoms with van der Waals surface area (Å²) in [6.45, 7) is 1.66. The first kappa shape index (κ1) is 22.4. The zero-order valence-corrected chi connectivity index (χ0v) is 19.1. The molecule has 2 amide bonds. The minimum absolute atomic E-state index is 0.186. The molecule has 0 aliphatic carbocycles. The number of thioether (sulfide) groups is 1. The highest BCUT2D eigenvalue weighted by atomic mass is 32.2. The highest BCUT2D eigenvalue weighted by molar-refractivity contribution is 7.98. The lowest BCUT2D eigenvalue weighted by Crippen LogP contribution is -2.35. The van der Waals surface area contributed by atoms with E-state index in [1.807, 2.05) is 13.2 Å². The van der Waals surface area contributed by atoms with Crippen LogP contribution in [-0.2, 0) is 4.79 Å². The summed E-state index contributed by atoms with van der Waals surface area (Å²) in [6, 6.07) is 10.0. The van der Waals surface area contributed by atoms with Gasteiger partial charge in [-0.1, -0.05) is 6.07 Å². The van der Waals surface area contributed by atoms with Crippen LogP contribution in [0, 0.1) is 12.7 Å². The second-order valence-electron chi connectivity index (χ2n) is 7.47. The van der Waals surface area contributed by atoms with Gasteiger partial charge in [0, 0.05) is 46.4 Å². The van der Waals surface area contributed by atoms with Crippen LogP contribution in [0.5, 0.6) is 0 Å². The molecule has 2 aromatic carbocycles. The highest BCUT2D eigenvalue weighted by Gasteiger charge is 2.18. The molecule has 0 saturated heterocycles. The number of nitrogens with two attached hydrogens (primary N) is 1. The minimum atomic E-state index is -0.596. The molecule has 2 aromatic heterocycles. The quantitative estimate of drug-likeness (QED) is 0.439. The van der Waals surface area contributed by atoms with Crippen molar-refractivity contribution in [3.63, 3.8) is 0 Å². The van der Waals surface area contributed by atoms with Gasteiger partial charge in [0.1, 0.15) is 5.82 Å². The number of halogens is 1. The van der Waals surface area contributed by atoms with Crippen molar-refractivity contribution in [2.24, 2.45) is 5.73 Å². The average molecular weight is 465 g/mol. The zero-order chi connectivity index (χ0) is 23.7. The number of fused-ring (bicyclic) bond motifs is 1. The number of aromatic nitrogens is 4. The third-order valence-corrected chi connectivity index (χ3v) is 5.89. The molecule has 4 rings (SSSR count). The molecule has 0 spiro atoms. The first-order valence-electron chi connectivity index (χ1n) is 9.98. The molecule has 8 nitrogen and oxygen atoms in total. The predicted molar refractivity (Wildman–Crippen MR) is 125 cm³/mol. The summed E-state index contributed by atoms with van der Waals surface area (Å²) in [6.07, 6.45) is 5.01. The van der Waals surface area contributed by atoms with Crippen LogP contribution in [0.1, 0.15) is 16.1 Å². The molecule has 0 radical (unpaired) electrons. The van der Waals surface area contributed by atoms with E-state index in [4.69, 9.17) is 5.73 Å². The Morgan fingerprint density at radius 1 is 1.15 bits per heavy atom. The zero-order valence-electron chi connectivity index (χ0n) is 18.2. The Hall–Kier alpha value is -3.79. The second-order valence-corrected chi connectivity index (χ2v) is 8.35. The SMILES string of the molecule is CSc1ccc(F)c(-c2cnc(-n3nc(C)c4ccc(C(=O)N(C)CC(N)=O)cc43)nc2)c1. The van der Waals surface area contributed by atoms with Crippen molar-refractivity contribution in [1.82, 2.24) is 24.6 Å². The van der Waals surface area contributed by atoms with E-state index in [2.05, 4.69) is 15.1 Å². The maximum absolute atomic E-state index is 14.3. The van der Waals surface area contributed by atoms with Gasteiger partial charge in [-0.3, -0.25) is 9.59 Å². The van der Waals surface area contributed by atoms with Crippen LogP contribution in [0.4, 0.5) is 4.39 Å². The molecule has 2 heterocycles. The van der Waals surface area contributed by atoms with Crippen molar-refractivity contribution in [3.05, 3.63) is 65.9 Å². The van der Waals surface area contributed by atoms with E-state index in [-0.39, 0.29) is 24.2 Å². The van der Waals surface area contributed by atoms with E-state index >= 15 is 0 Å². The Labute approximate surface area is 193 Å². The maximum Gasteiger partial charge on any atom is 0.254 e. The summed E-state index contributed by atoms with van der Waals surface area (Å²) in [5.74, 6) is -1.01. The average Bonchev–Trinajstić information content (AvgIpc) is 3.14. The molecule has 0 aliphatic rings.